The molecular weight excluding hydrogens is 362 g/mol. The van der Waals surface area contributed by atoms with Gasteiger partial charge in [0.1, 0.15) is 10.4 Å². The summed E-state index contributed by atoms with van der Waals surface area (Å²) in [5.74, 6) is 0.153. The molecule has 0 aliphatic rings. The Bertz CT molecular complexity index is 1040. The molecule has 0 spiro atoms. The van der Waals surface area contributed by atoms with Crippen LogP contribution in [0.15, 0.2) is 59.5 Å². The Kier molecular flexibility index (Phi) is 5.91. The number of para-hydroxylation sites is 1. The van der Waals surface area contributed by atoms with Gasteiger partial charge in [0.2, 0.25) is 5.88 Å². The number of hydrogen-bond acceptors (Lipinski definition) is 5. The summed E-state index contributed by atoms with van der Waals surface area (Å²) in [5, 5.41) is 8.19. The zero-order valence-corrected chi connectivity index (χ0v) is 16.3. The van der Waals surface area contributed by atoms with E-state index in [-0.39, 0.29) is 10.8 Å². The summed E-state index contributed by atoms with van der Waals surface area (Å²) >= 11 is 0. The predicted molar refractivity (Wildman–Crippen MR) is 105 cm³/mol. The van der Waals surface area contributed by atoms with Crippen LogP contribution in [-0.4, -0.2) is 23.4 Å². The molecule has 1 heterocycles. The quantitative estimate of drug-likeness (QED) is 0.324. The van der Waals surface area contributed by atoms with E-state index in [1.807, 2.05) is 31.2 Å². The molecule has 0 saturated heterocycles. The third-order valence-electron chi connectivity index (χ3n) is 4.19. The maximum absolute atomic E-state index is 12.7. The molecule has 7 heteroatoms. The first-order valence-corrected chi connectivity index (χ1v) is 10.4. The van der Waals surface area contributed by atoms with Crippen molar-refractivity contribution in [2.45, 2.75) is 44.4 Å². The maximum atomic E-state index is 12.7. The van der Waals surface area contributed by atoms with Gasteiger partial charge in [-0.25, -0.2) is 0 Å². The lowest BCUT2D eigenvalue weighted by Gasteiger charge is -2.11. The van der Waals surface area contributed by atoms with Gasteiger partial charge in [0.15, 0.2) is 0 Å². The Morgan fingerprint density at radius 3 is 2.59 bits per heavy atom. The second-order valence-corrected chi connectivity index (χ2v) is 7.92. The van der Waals surface area contributed by atoms with Crippen molar-refractivity contribution in [2.75, 3.05) is 0 Å². The topological polar surface area (TPSA) is 74.1 Å². The van der Waals surface area contributed by atoms with E-state index >= 15 is 0 Å². The summed E-state index contributed by atoms with van der Waals surface area (Å²) in [4.78, 5) is 0.108. The molecule has 0 N–H and O–H groups in total. The number of allylic oxidation sites excluding steroid dienone is 1. The average Bonchev–Trinajstić information content (AvgIpc) is 3.08. The average molecular weight is 385 g/mol. The highest BCUT2D eigenvalue weighted by Crippen LogP contribution is 2.22. The fourth-order valence-corrected chi connectivity index (χ4v) is 3.60. The van der Waals surface area contributed by atoms with Gasteiger partial charge in [0.25, 0.3) is 0 Å². The molecular formula is C20H23N3O3S. The smallest absolute Gasteiger partial charge is 0.340 e. The fraction of sp³-hybridized carbons (Fsp3) is 0.300. The van der Waals surface area contributed by atoms with Crippen molar-refractivity contribution in [3.8, 4) is 0 Å². The minimum atomic E-state index is -3.97. The van der Waals surface area contributed by atoms with Crippen molar-refractivity contribution >= 4 is 27.0 Å². The number of fused-ring (bicyclic) bond motifs is 1. The minimum absolute atomic E-state index is 0.108. The SMILES string of the molecule is CCCCC/C=C(\OS(=O)(=O)c1ccc(C)cc1)n1nnc2ccccc21. The summed E-state index contributed by atoms with van der Waals surface area (Å²) in [7, 11) is -3.97. The minimum Gasteiger partial charge on any atom is -0.358 e. The Labute approximate surface area is 159 Å². The fourth-order valence-electron chi connectivity index (χ4n) is 2.67. The van der Waals surface area contributed by atoms with Crippen LogP contribution in [0.5, 0.6) is 0 Å². The van der Waals surface area contributed by atoms with E-state index in [9.17, 15) is 8.42 Å². The summed E-state index contributed by atoms with van der Waals surface area (Å²) in [6.45, 7) is 4.02. The Balaban J connectivity index is 1.96. The molecule has 0 saturated carbocycles. The second-order valence-electron chi connectivity index (χ2n) is 6.38. The number of aryl methyl sites for hydroxylation is 1. The zero-order valence-electron chi connectivity index (χ0n) is 15.5. The molecule has 0 atom stereocenters. The van der Waals surface area contributed by atoms with Gasteiger partial charge in [-0.15, -0.1) is 5.10 Å². The van der Waals surface area contributed by atoms with Crippen LogP contribution in [0.25, 0.3) is 16.9 Å². The Morgan fingerprint density at radius 2 is 1.85 bits per heavy atom. The third kappa shape index (κ3) is 4.54. The maximum Gasteiger partial charge on any atom is 0.340 e. The molecule has 0 fully saturated rings. The molecule has 27 heavy (non-hydrogen) atoms. The molecule has 0 unspecified atom stereocenters. The van der Waals surface area contributed by atoms with Gasteiger partial charge in [0.05, 0.1) is 5.52 Å². The van der Waals surface area contributed by atoms with Crippen molar-refractivity contribution in [3.05, 3.63) is 60.2 Å². The first kappa shape index (κ1) is 19.1. The van der Waals surface area contributed by atoms with E-state index in [4.69, 9.17) is 4.18 Å². The van der Waals surface area contributed by atoms with E-state index < -0.39 is 10.1 Å². The lowest BCUT2D eigenvalue weighted by molar-refractivity contribution is 0.435. The molecule has 6 nitrogen and oxygen atoms in total. The Hall–Kier alpha value is -2.67. The van der Waals surface area contributed by atoms with Gasteiger partial charge in [-0.3, -0.25) is 0 Å². The van der Waals surface area contributed by atoms with Gasteiger partial charge in [-0.1, -0.05) is 54.8 Å². The van der Waals surface area contributed by atoms with Crippen LogP contribution in [0.1, 0.15) is 38.2 Å². The highest BCUT2D eigenvalue weighted by molar-refractivity contribution is 7.87. The third-order valence-corrected chi connectivity index (χ3v) is 5.43. The van der Waals surface area contributed by atoms with Crippen molar-refractivity contribution in [1.29, 1.82) is 0 Å². The first-order valence-electron chi connectivity index (χ1n) is 9.03. The van der Waals surface area contributed by atoms with E-state index in [0.29, 0.717) is 17.5 Å². The molecule has 0 amide bonds. The van der Waals surface area contributed by atoms with Gasteiger partial charge in [0, 0.05) is 0 Å². The first-order chi connectivity index (χ1) is 13.0. The lowest BCUT2D eigenvalue weighted by atomic mass is 10.2. The summed E-state index contributed by atoms with van der Waals surface area (Å²) in [6.07, 6.45) is 5.55. The normalized spacial score (nSPS) is 12.4. The van der Waals surface area contributed by atoms with Crippen LogP contribution in [0.2, 0.25) is 0 Å². The number of benzene rings is 2. The van der Waals surface area contributed by atoms with Gasteiger partial charge in [-0.2, -0.15) is 13.1 Å². The zero-order chi connectivity index (χ0) is 19.3. The van der Waals surface area contributed by atoms with Crippen molar-refractivity contribution in [2.24, 2.45) is 0 Å². The van der Waals surface area contributed by atoms with Crippen LogP contribution < -0.4 is 0 Å². The van der Waals surface area contributed by atoms with Crippen LogP contribution in [0.4, 0.5) is 0 Å². The lowest BCUT2D eigenvalue weighted by Crippen LogP contribution is -2.11. The van der Waals surface area contributed by atoms with Gasteiger partial charge in [-0.05, 0) is 50.1 Å². The number of unbranched alkanes of at least 4 members (excludes halogenated alkanes) is 3. The van der Waals surface area contributed by atoms with Crippen LogP contribution in [-0.2, 0) is 14.3 Å². The van der Waals surface area contributed by atoms with Crippen molar-refractivity contribution in [3.63, 3.8) is 0 Å². The second kappa shape index (κ2) is 8.35. The monoisotopic (exact) mass is 385 g/mol. The molecule has 3 aromatic rings. The summed E-state index contributed by atoms with van der Waals surface area (Å²) < 4.78 is 32.4. The molecule has 3 rings (SSSR count). The largest absolute Gasteiger partial charge is 0.358 e. The number of hydrogen-bond donors (Lipinski definition) is 0. The van der Waals surface area contributed by atoms with Crippen LogP contribution in [0.3, 0.4) is 0 Å². The Morgan fingerprint density at radius 1 is 1.11 bits per heavy atom. The van der Waals surface area contributed by atoms with E-state index in [2.05, 4.69) is 17.2 Å². The molecule has 142 valence electrons. The number of nitrogens with zero attached hydrogens (tertiary/aromatic N) is 3. The standard InChI is InChI=1S/C20H23N3O3S/c1-3-4-5-6-11-20(23-19-10-8-7-9-18(19)21-22-23)26-27(24,25)17-14-12-16(2)13-15-17/h7-15H,3-6H2,1-2H3/b20-11-. The summed E-state index contributed by atoms with van der Waals surface area (Å²) in [6, 6.07) is 13.9. The van der Waals surface area contributed by atoms with Crippen LogP contribution in [0, 0.1) is 6.92 Å². The van der Waals surface area contributed by atoms with Gasteiger partial charge < -0.3 is 4.18 Å². The number of aromatic nitrogens is 3. The van der Waals surface area contributed by atoms with Crippen molar-refractivity contribution < 1.29 is 12.6 Å². The molecule has 2 aromatic carbocycles. The van der Waals surface area contributed by atoms with E-state index in [0.717, 1.165) is 24.8 Å². The van der Waals surface area contributed by atoms with Gasteiger partial charge >= 0.3 is 10.1 Å². The summed E-state index contributed by atoms with van der Waals surface area (Å²) in [5.41, 5.74) is 2.35. The highest BCUT2D eigenvalue weighted by atomic mass is 32.2. The molecule has 0 aliphatic carbocycles. The molecule has 1 aromatic heterocycles. The van der Waals surface area contributed by atoms with Crippen LogP contribution >= 0.6 is 0 Å². The molecule has 0 aliphatic heterocycles. The highest BCUT2D eigenvalue weighted by Gasteiger charge is 2.20. The van der Waals surface area contributed by atoms with E-state index in [1.54, 1.807) is 30.3 Å². The van der Waals surface area contributed by atoms with Crippen molar-refractivity contribution in [1.82, 2.24) is 15.0 Å². The molecule has 0 radical (unpaired) electrons. The molecule has 0 bridgehead atoms. The predicted octanol–water partition coefficient (Wildman–Crippen LogP) is 4.52. The van der Waals surface area contributed by atoms with E-state index in [1.165, 1.54) is 4.68 Å². The number of rotatable bonds is 8.